The van der Waals surface area contributed by atoms with E-state index < -0.39 is 0 Å². The standard InChI is InChI=1S/C13H16N4OS/c1-2-13(17-3-5-18-6-4-17)16-7-11(1)15-9-12-8-14-10-19-12/h1-2,7-8,10,15H,3-6,9H2. The van der Waals surface area contributed by atoms with Crippen molar-refractivity contribution in [1.82, 2.24) is 9.97 Å². The maximum absolute atomic E-state index is 5.34. The molecule has 1 N–H and O–H groups in total. The SMILES string of the molecule is c1ncc(CNc2ccc(N3CCOCC3)nc2)s1. The molecule has 1 aliphatic rings. The van der Waals surface area contributed by atoms with Gasteiger partial charge in [0, 0.05) is 24.2 Å². The minimum absolute atomic E-state index is 0.785. The molecular formula is C13H16N4OS. The number of anilines is 2. The van der Waals surface area contributed by atoms with Crippen LogP contribution < -0.4 is 10.2 Å². The van der Waals surface area contributed by atoms with Crippen LogP contribution >= 0.6 is 11.3 Å². The summed E-state index contributed by atoms with van der Waals surface area (Å²) in [7, 11) is 0. The largest absolute Gasteiger partial charge is 0.379 e. The number of nitrogens with one attached hydrogen (secondary N) is 1. The lowest BCUT2D eigenvalue weighted by Crippen LogP contribution is -2.36. The summed E-state index contributed by atoms with van der Waals surface area (Å²) in [6.07, 6.45) is 3.76. The first-order valence-electron chi connectivity index (χ1n) is 6.32. The summed E-state index contributed by atoms with van der Waals surface area (Å²) in [5, 5.41) is 3.34. The third kappa shape index (κ3) is 3.21. The van der Waals surface area contributed by atoms with Crippen molar-refractivity contribution in [3.8, 4) is 0 Å². The molecule has 3 rings (SSSR count). The molecule has 0 spiro atoms. The van der Waals surface area contributed by atoms with Crippen molar-refractivity contribution in [2.75, 3.05) is 36.5 Å². The second-order valence-electron chi connectivity index (χ2n) is 4.33. The van der Waals surface area contributed by atoms with Crippen LogP contribution in [0.3, 0.4) is 0 Å². The zero-order chi connectivity index (χ0) is 12.9. The molecule has 1 saturated heterocycles. The van der Waals surface area contributed by atoms with Gasteiger partial charge < -0.3 is 15.0 Å². The maximum Gasteiger partial charge on any atom is 0.128 e. The molecule has 2 aromatic rings. The van der Waals surface area contributed by atoms with Crippen molar-refractivity contribution in [3.63, 3.8) is 0 Å². The Morgan fingerprint density at radius 3 is 2.84 bits per heavy atom. The van der Waals surface area contributed by atoms with Crippen molar-refractivity contribution in [2.24, 2.45) is 0 Å². The molecule has 0 aromatic carbocycles. The lowest BCUT2D eigenvalue weighted by molar-refractivity contribution is 0.122. The Labute approximate surface area is 116 Å². The number of morpholine rings is 1. The molecular weight excluding hydrogens is 260 g/mol. The van der Waals surface area contributed by atoms with Gasteiger partial charge in [0.05, 0.1) is 37.2 Å². The van der Waals surface area contributed by atoms with E-state index in [2.05, 4.69) is 32.3 Å². The van der Waals surface area contributed by atoms with Crippen LogP contribution in [0.2, 0.25) is 0 Å². The van der Waals surface area contributed by atoms with Gasteiger partial charge in [0.15, 0.2) is 0 Å². The fourth-order valence-corrected chi connectivity index (χ4v) is 2.52. The lowest BCUT2D eigenvalue weighted by Gasteiger charge is -2.27. The van der Waals surface area contributed by atoms with Crippen LogP contribution in [0, 0.1) is 0 Å². The second kappa shape index (κ2) is 5.99. The Bertz CT molecular complexity index is 494. The number of hydrogen-bond acceptors (Lipinski definition) is 6. The van der Waals surface area contributed by atoms with E-state index in [1.165, 1.54) is 4.88 Å². The number of ether oxygens (including phenoxy) is 1. The van der Waals surface area contributed by atoms with Crippen LogP contribution in [0.5, 0.6) is 0 Å². The summed E-state index contributed by atoms with van der Waals surface area (Å²) in [6.45, 7) is 4.20. The van der Waals surface area contributed by atoms with Gasteiger partial charge in [0.2, 0.25) is 0 Å². The molecule has 0 amide bonds. The Morgan fingerprint density at radius 2 is 2.16 bits per heavy atom. The first kappa shape index (κ1) is 12.4. The summed E-state index contributed by atoms with van der Waals surface area (Å²) in [5.41, 5.74) is 2.88. The number of pyridine rings is 1. The fraction of sp³-hybridized carbons (Fsp3) is 0.385. The highest BCUT2D eigenvalue weighted by Gasteiger charge is 2.11. The van der Waals surface area contributed by atoms with Gasteiger partial charge in [-0.2, -0.15) is 0 Å². The number of nitrogens with zero attached hydrogens (tertiary/aromatic N) is 3. The van der Waals surface area contributed by atoms with E-state index in [0.29, 0.717) is 0 Å². The molecule has 0 atom stereocenters. The van der Waals surface area contributed by atoms with E-state index >= 15 is 0 Å². The number of aromatic nitrogens is 2. The Kier molecular flexibility index (Phi) is 3.90. The molecule has 0 unspecified atom stereocenters. The van der Waals surface area contributed by atoms with E-state index in [4.69, 9.17) is 4.74 Å². The van der Waals surface area contributed by atoms with Gasteiger partial charge in [-0.05, 0) is 12.1 Å². The molecule has 5 nitrogen and oxygen atoms in total. The Balaban J connectivity index is 1.58. The van der Waals surface area contributed by atoms with Crippen molar-refractivity contribution >= 4 is 22.8 Å². The average Bonchev–Trinajstić information content (AvgIpc) is 3.00. The first-order chi connectivity index (χ1) is 9.42. The highest BCUT2D eigenvalue weighted by Crippen LogP contribution is 2.16. The predicted molar refractivity (Wildman–Crippen MR) is 76.7 cm³/mol. The topological polar surface area (TPSA) is 50.3 Å². The third-order valence-corrected chi connectivity index (χ3v) is 3.81. The highest BCUT2D eigenvalue weighted by atomic mass is 32.1. The van der Waals surface area contributed by atoms with Gasteiger partial charge in [0.25, 0.3) is 0 Å². The van der Waals surface area contributed by atoms with E-state index in [0.717, 1.165) is 44.4 Å². The molecule has 0 bridgehead atoms. The average molecular weight is 276 g/mol. The monoisotopic (exact) mass is 276 g/mol. The summed E-state index contributed by atoms with van der Waals surface area (Å²) in [4.78, 5) is 12.0. The van der Waals surface area contributed by atoms with Crippen molar-refractivity contribution in [3.05, 3.63) is 34.9 Å². The van der Waals surface area contributed by atoms with Crippen molar-refractivity contribution in [1.29, 1.82) is 0 Å². The summed E-state index contributed by atoms with van der Waals surface area (Å²) < 4.78 is 5.34. The first-order valence-corrected chi connectivity index (χ1v) is 7.20. The molecule has 19 heavy (non-hydrogen) atoms. The van der Waals surface area contributed by atoms with E-state index in [-0.39, 0.29) is 0 Å². The molecule has 6 heteroatoms. The van der Waals surface area contributed by atoms with Gasteiger partial charge in [0.1, 0.15) is 5.82 Å². The van der Waals surface area contributed by atoms with Gasteiger partial charge in [-0.15, -0.1) is 11.3 Å². The van der Waals surface area contributed by atoms with Crippen molar-refractivity contribution < 1.29 is 4.74 Å². The Hall–Kier alpha value is -1.66. The summed E-state index contributed by atoms with van der Waals surface area (Å²) in [5.74, 6) is 1.02. The van der Waals surface area contributed by atoms with E-state index in [1.807, 2.05) is 17.9 Å². The molecule has 2 aromatic heterocycles. The summed E-state index contributed by atoms with van der Waals surface area (Å²) in [6, 6.07) is 4.12. The van der Waals surface area contributed by atoms with Gasteiger partial charge >= 0.3 is 0 Å². The minimum atomic E-state index is 0.785. The van der Waals surface area contributed by atoms with Crippen LogP contribution in [0.15, 0.2) is 30.0 Å². The van der Waals surface area contributed by atoms with Crippen LogP contribution in [0.1, 0.15) is 4.88 Å². The van der Waals surface area contributed by atoms with Gasteiger partial charge in [-0.1, -0.05) is 0 Å². The molecule has 100 valence electrons. The zero-order valence-electron chi connectivity index (χ0n) is 10.6. The smallest absolute Gasteiger partial charge is 0.128 e. The number of rotatable bonds is 4. The fourth-order valence-electron chi connectivity index (χ4n) is 1.99. The molecule has 1 aliphatic heterocycles. The van der Waals surface area contributed by atoms with Crippen molar-refractivity contribution in [2.45, 2.75) is 6.54 Å². The van der Waals surface area contributed by atoms with Gasteiger partial charge in [-0.25, -0.2) is 4.98 Å². The van der Waals surface area contributed by atoms with E-state index in [9.17, 15) is 0 Å². The van der Waals surface area contributed by atoms with E-state index in [1.54, 1.807) is 11.3 Å². The third-order valence-electron chi connectivity index (χ3n) is 3.03. The minimum Gasteiger partial charge on any atom is -0.379 e. The predicted octanol–water partition coefficient (Wildman–Crippen LogP) is 1.99. The van der Waals surface area contributed by atoms with Crippen LogP contribution in [0.25, 0.3) is 0 Å². The lowest BCUT2D eigenvalue weighted by atomic mass is 10.3. The number of thiazole rings is 1. The maximum atomic E-state index is 5.34. The quantitative estimate of drug-likeness (QED) is 0.925. The highest BCUT2D eigenvalue weighted by molar-refractivity contribution is 7.09. The molecule has 0 aliphatic carbocycles. The molecule has 0 saturated carbocycles. The summed E-state index contributed by atoms with van der Waals surface area (Å²) >= 11 is 1.65. The second-order valence-corrected chi connectivity index (χ2v) is 5.30. The normalized spacial score (nSPS) is 15.5. The molecule has 1 fully saturated rings. The molecule has 3 heterocycles. The Morgan fingerprint density at radius 1 is 1.26 bits per heavy atom. The molecule has 0 radical (unpaired) electrons. The van der Waals surface area contributed by atoms with Gasteiger partial charge in [-0.3, -0.25) is 4.98 Å². The van der Waals surface area contributed by atoms with Crippen LogP contribution in [0.4, 0.5) is 11.5 Å². The van der Waals surface area contributed by atoms with Crippen LogP contribution in [-0.4, -0.2) is 36.3 Å². The number of hydrogen-bond donors (Lipinski definition) is 1. The van der Waals surface area contributed by atoms with Crippen LogP contribution in [-0.2, 0) is 11.3 Å². The zero-order valence-corrected chi connectivity index (χ0v) is 11.4.